The SMILES string of the molecule is COC(=O)c1c(C(C)C)nc2snc(CN)c2c1C. The maximum Gasteiger partial charge on any atom is 0.340 e. The van der Waals surface area contributed by atoms with E-state index in [2.05, 4.69) is 9.36 Å². The Morgan fingerprint density at radius 3 is 2.68 bits per heavy atom. The van der Waals surface area contributed by atoms with E-state index in [0.717, 1.165) is 27.2 Å². The molecule has 102 valence electrons. The average Bonchev–Trinajstić information content (AvgIpc) is 2.80. The van der Waals surface area contributed by atoms with Gasteiger partial charge in [0, 0.05) is 11.9 Å². The molecule has 2 aromatic rings. The average molecular weight is 279 g/mol. The number of hydrogen-bond donors (Lipinski definition) is 1. The number of ether oxygens (including phenoxy) is 1. The summed E-state index contributed by atoms with van der Waals surface area (Å²) < 4.78 is 9.18. The molecule has 0 fully saturated rings. The van der Waals surface area contributed by atoms with E-state index in [9.17, 15) is 4.79 Å². The van der Waals surface area contributed by atoms with Gasteiger partial charge in [0.05, 0.1) is 24.1 Å². The van der Waals surface area contributed by atoms with Gasteiger partial charge >= 0.3 is 5.97 Å². The van der Waals surface area contributed by atoms with Crippen molar-refractivity contribution in [1.29, 1.82) is 0 Å². The van der Waals surface area contributed by atoms with Crippen molar-refractivity contribution in [2.45, 2.75) is 33.2 Å². The van der Waals surface area contributed by atoms with Crippen molar-refractivity contribution in [3.8, 4) is 0 Å². The van der Waals surface area contributed by atoms with E-state index in [-0.39, 0.29) is 11.9 Å². The first-order valence-corrected chi connectivity index (χ1v) is 6.85. The van der Waals surface area contributed by atoms with Gasteiger partial charge in [-0.2, -0.15) is 4.37 Å². The van der Waals surface area contributed by atoms with E-state index in [1.165, 1.54) is 18.6 Å². The maximum atomic E-state index is 12.0. The maximum absolute atomic E-state index is 12.0. The van der Waals surface area contributed by atoms with E-state index in [1.54, 1.807) is 0 Å². The highest BCUT2D eigenvalue weighted by molar-refractivity contribution is 7.13. The Kier molecular flexibility index (Phi) is 3.82. The molecule has 0 aromatic carbocycles. The highest BCUT2D eigenvalue weighted by atomic mass is 32.1. The molecule has 2 heterocycles. The van der Waals surface area contributed by atoms with Crippen LogP contribution in [0.15, 0.2) is 0 Å². The minimum Gasteiger partial charge on any atom is -0.465 e. The van der Waals surface area contributed by atoms with Crippen LogP contribution in [0.25, 0.3) is 10.2 Å². The number of esters is 1. The Hall–Kier alpha value is -1.53. The largest absolute Gasteiger partial charge is 0.465 e. The van der Waals surface area contributed by atoms with Gasteiger partial charge in [-0.3, -0.25) is 0 Å². The van der Waals surface area contributed by atoms with Gasteiger partial charge in [-0.1, -0.05) is 13.8 Å². The van der Waals surface area contributed by atoms with E-state index >= 15 is 0 Å². The van der Waals surface area contributed by atoms with Crippen molar-refractivity contribution in [3.63, 3.8) is 0 Å². The van der Waals surface area contributed by atoms with Gasteiger partial charge in [0.2, 0.25) is 0 Å². The first-order chi connectivity index (χ1) is 9.01. The Bertz CT molecular complexity index is 634. The van der Waals surface area contributed by atoms with Gasteiger partial charge in [0.1, 0.15) is 4.83 Å². The molecular formula is C13H17N3O2S. The minimum atomic E-state index is -0.357. The van der Waals surface area contributed by atoms with Crippen molar-refractivity contribution < 1.29 is 9.53 Å². The lowest BCUT2D eigenvalue weighted by atomic mass is 9.97. The zero-order chi connectivity index (χ0) is 14.2. The third-order valence-electron chi connectivity index (χ3n) is 3.10. The van der Waals surface area contributed by atoms with Gasteiger partial charge in [-0.25, -0.2) is 9.78 Å². The summed E-state index contributed by atoms with van der Waals surface area (Å²) in [4.78, 5) is 17.4. The highest BCUT2D eigenvalue weighted by Gasteiger charge is 2.23. The molecule has 0 saturated carbocycles. The summed E-state index contributed by atoms with van der Waals surface area (Å²) in [6.07, 6.45) is 0. The van der Waals surface area contributed by atoms with Crippen LogP contribution in [0.3, 0.4) is 0 Å². The van der Waals surface area contributed by atoms with Crippen molar-refractivity contribution in [3.05, 3.63) is 22.5 Å². The molecule has 0 saturated heterocycles. The number of aromatic nitrogens is 2. The topological polar surface area (TPSA) is 78.1 Å². The third kappa shape index (κ3) is 2.21. The van der Waals surface area contributed by atoms with Crippen LogP contribution < -0.4 is 5.73 Å². The number of pyridine rings is 1. The second-order valence-corrected chi connectivity index (χ2v) is 5.41. The van der Waals surface area contributed by atoms with Gasteiger partial charge < -0.3 is 10.5 Å². The van der Waals surface area contributed by atoms with E-state index in [0.29, 0.717) is 12.1 Å². The van der Waals surface area contributed by atoms with Crippen molar-refractivity contribution in [1.82, 2.24) is 9.36 Å². The fraction of sp³-hybridized carbons (Fsp3) is 0.462. The normalized spacial score (nSPS) is 11.3. The van der Waals surface area contributed by atoms with Gasteiger partial charge in [0.15, 0.2) is 0 Å². The van der Waals surface area contributed by atoms with Crippen molar-refractivity contribution >= 4 is 27.7 Å². The molecule has 0 bridgehead atoms. The minimum absolute atomic E-state index is 0.139. The molecule has 0 aliphatic carbocycles. The molecule has 2 N–H and O–H groups in total. The van der Waals surface area contributed by atoms with E-state index in [1.807, 2.05) is 20.8 Å². The molecule has 5 nitrogen and oxygen atoms in total. The van der Waals surface area contributed by atoms with Crippen LogP contribution in [0, 0.1) is 6.92 Å². The summed E-state index contributed by atoms with van der Waals surface area (Å²) in [5.41, 5.74) is 8.62. The number of hydrogen-bond acceptors (Lipinski definition) is 6. The summed E-state index contributed by atoms with van der Waals surface area (Å²) in [5.74, 6) is -0.217. The molecule has 0 atom stereocenters. The number of fused-ring (bicyclic) bond motifs is 1. The predicted molar refractivity (Wildman–Crippen MR) is 75.5 cm³/mol. The fourth-order valence-corrected chi connectivity index (χ4v) is 3.03. The molecular weight excluding hydrogens is 262 g/mol. The second-order valence-electron chi connectivity index (χ2n) is 4.66. The summed E-state index contributed by atoms with van der Waals surface area (Å²) in [5, 5.41) is 0.886. The van der Waals surface area contributed by atoms with E-state index in [4.69, 9.17) is 10.5 Å². The molecule has 0 aliphatic heterocycles. The van der Waals surface area contributed by atoms with Crippen LogP contribution in [0.4, 0.5) is 0 Å². The quantitative estimate of drug-likeness (QED) is 0.873. The number of carbonyl (C=O) groups is 1. The number of nitrogens with two attached hydrogens (primary N) is 1. The Morgan fingerprint density at radius 2 is 2.16 bits per heavy atom. The Labute approximate surface area is 116 Å². The zero-order valence-corrected chi connectivity index (χ0v) is 12.3. The first-order valence-electron chi connectivity index (χ1n) is 6.08. The smallest absolute Gasteiger partial charge is 0.340 e. The first kappa shape index (κ1) is 13.9. The molecule has 6 heteroatoms. The summed E-state index contributed by atoms with van der Waals surface area (Å²) in [6, 6.07) is 0. The summed E-state index contributed by atoms with van der Waals surface area (Å²) in [7, 11) is 1.38. The lowest BCUT2D eigenvalue weighted by molar-refractivity contribution is 0.0598. The lowest BCUT2D eigenvalue weighted by Crippen LogP contribution is -2.12. The molecule has 0 spiro atoms. The van der Waals surface area contributed by atoms with Crippen LogP contribution in [-0.2, 0) is 11.3 Å². The Balaban J connectivity index is 2.84. The zero-order valence-electron chi connectivity index (χ0n) is 11.5. The number of aryl methyl sites for hydroxylation is 1. The number of methoxy groups -OCH3 is 1. The molecule has 2 aromatic heterocycles. The summed E-state index contributed by atoms with van der Waals surface area (Å²) in [6.45, 7) is 6.25. The van der Waals surface area contributed by atoms with Crippen LogP contribution in [0.2, 0.25) is 0 Å². The van der Waals surface area contributed by atoms with Crippen LogP contribution in [0.1, 0.15) is 47.1 Å². The standard InChI is InChI=1S/C13H17N3O2S/c1-6(2)11-10(13(17)18-4)7(3)9-8(5-14)16-19-12(9)15-11/h6H,5,14H2,1-4H3. The molecule has 2 rings (SSSR count). The van der Waals surface area contributed by atoms with Gasteiger partial charge in [-0.05, 0) is 29.9 Å². The third-order valence-corrected chi connectivity index (χ3v) is 3.88. The number of nitrogens with zero attached hydrogens (tertiary/aromatic N) is 2. The van der Waals surface area contributed by atoms with Crippen LogP contribution >= 0.6 is 11.5 Å². The van der Waals surface area contributed by atoms with Crippen LogP contribution in [-0.4, -0.2) is 22.4 Å². The molecule has 0 radical (unpaired) electrons. The summed E-state index contributed by atoms with van der Waals surface area (Å²) >= 11 is 1.32. The molecule has 19 heavy (non-hydrogen) atoms. The Morgan fingerprint density at radius 1 is 1.47 bits per heavy atom. The van der Waals surface area contributed by atoms with Crippen LogP contribution in [0.5, 0.6) is 0 Å². The molecule has 0 amide bonds. The monoisotopic (exact) mass is 279 g/mol. The molecule has 0 aliphatic rings. The second kappa shape index (κ2) is 5.22. The van der Waals surface area contributed by atoms with Gasteiger partial charge in [0.25, 0.3) is 0 Å². The lowest BCUT2D eigenvalue weighted by Gasteiger charge is -2.13. The van der Waals surface area contributed by atoms with Gasteiger partial charge in [-0.15, -0.1) is 0 Å². The van der Waals surface area contributed by atoms with Crippen molar-refractivity contribution in [2.24, 2.45) is 5.73 Å². The molecule has 0 unspecified atom stereocenters. The highest BCUT2D eigenvalue weighted by Crippen LogP contribution is 2.31. The number of rotatable bonds is 3. The van der Waals surface area contributed by atoms with Crippen molar-refractivity contribution in [2.75, 3.05) is 7.11 Å². The predicted octanol–water partition coefficient (Wildman–Crippen LogP) is 2.37. The van der Waals surface area contributed by atoms with E-state index < -0.39 is 0 Å². The number of carbonyl (C=O) groups excluding carboxylic acids is 1. The fourth-order valence-electron chi connectivity index (χ4n) is 2.17.